The minimum absolute atomic E-state index is 0.0135. The molecule has 1 aromatic rings. The van der Waals surface area contributed by atoms with Gasteiger partial charge in [-0.15, -0.1) is 0 Å². The van der Waals surface area contributed by atoms with Crippen molar-refractivity contribution in [3.63, 3.8) is 0 Å². The molecule has 18 heavy (non-hydrogen) atoms. The summed E-state index contributed by atoms with van der Waals surface area (Å²) in [7, 11) is 0. The Balaban J connectivity index is 2.23. The van der Waals surface area contributed by atoms with Crippen molar-refractivity contribution in [2.45, 2.75) is 25.3 Å². The summed E-state index contributed by atoms with van der Waals surface area (Å²) in [5.41, 5.74) is 0.558. The van der Waals surface area contributed by atoms with Gasteiger partial charge >= 0.3 is 0 Å². The highest BCUT2D eigenvalue weighted by molar-refractivity contribution is 9.10. The summed E-state index contributed by atoms with van der Waals surface area (Å²) in [6.45, 7) is 0.364. The highest BCUT2D eigenvalue weighted by Gasteiger charge is 2.29. The molecule has 0 bridgehead atoms. The molecule has 0 unspecified atom stereocenters. The fourth-order valence-corrected chi connectivity index (χ4v) is 2.66. The topological polar surface area (TPSA) is 40.5 Å². The Morgan fingerprint density at radius 1 is 1.50 bits per heavy atom. The molecule has 1 fully saturated rings. The molecule has 98 valence electrons. The lowest BCUT2D eigenvalue weighted by Gasteiger charge is -2.37. The normalized spacial score (nSPS) is 15.3. The highest BCUT2D eigenvalue weighted by Crippen LogP contribution is 2.28. The fourth-order valence-electron chi connectivity index (χ4n) is 2.07. The largest absolute Gasteiger partial charge is 0.395 e. The number of aliphatic hydroxyl groups excluding tert-OH is 1. The maximum absolute atomic E-state index is 12.5. The van der Waals surface area contributed by atoms with Gasteiger partial charge in [0, 0.05) is 22.1 Å². The second-order valence-electron chi connectivity index (χ2n) is 4.43. The molecule has 1 aliphatic rings. The number of amides is 1. The number of rotatable bonds is 4. The third kappa shape index (κ3) is 2.87. The number of carbonyl (C=O) groups is 1. The molecule has 3 nitrogen and oxygen atoms in total. The van der Waals surface area contributed by atoms with Crippen molar-refractivity contribution in [3.8, 4) is 0 Å². The Kier molecular flexibility index (Phi) is 4.65. The van der Waals surface area contributed by atoms with Crippen molar-refractivity contribution in [2.24, 2.45) is 0 Å². The number of carbonyl (C=O) groups excluding carboxylic acids is 1. The van der Waals surface area contributed by atoms with Crippen molar-refractivity contribution < 1.29 is 9.90 Å². The predicted octanol–water partition coefficient (Wildman–Crippen LogP) is 3.09. The number of nitrogens with zero attached hydrogens (tertiary/aromatic N) is 1. The molecule has 0 aromatic heterocycles. The zero-order chi connectivity index (χ0) is 13.1. The molecular weight excluding hydrogens is 318 g/mol. The van der Waals surface area contributed by atoms with Gasteiger partial charge in [0.2, 0.25) is 0 Å². The molecule has 1 amide bonds. The van der Waals surface area contributed by atoms with Gasteiger partial charge in [0.25, 0.3) is 5.91 Å². The van der Waals surface area contributed by atoms with Crippen molar-refractivity contribution in [1.82, 2.24) is 4.90 Å². The van der Waals surface area contributed by atoms with Gasteiger partial charge in [-0.1, -0.05) is 11.6 Å². The molecule has 0 aliphatic heterocycles. The van der Waals surface area contributed by atoms with Gasteiger partial charge in [-0.05, 0) is 53.4 Å². The summed E-state index contributed by atoms with van der Waals surface area (Å²) >= 11 is 9.30. The first-order valence-electron chi connectivity index (χ1n) is 6.00. The molecule has 0 radical (unpaired) electrons. The highest BCUT2D eigenvalue weighted by atomic mass is 79.9. The Labute approximate surface area is 120 Å². The molecule has 5 heteroatoms. The molecule has 1 aromatic carbocycles. The maximum atomic E-state index is 12.5. The average molecular weight is 333 g/mol. The van der Waals surface area contributed by atoms with Crippen LogP contribution >= 0.6 is 27.5 Å². The van der Waals surface area contributed by atoms with Gasteiger partial charge in [-0.25, -0.2) is 0 Å². The second-order valence-corrected chi connectivity index (χ2v) is 5.72. The number of hydrogen-bond donors (Lipinski definition) is 1. The minimum Gasteiger partial charge on any atom is -0.395 e. The lowest BCUT2D eigenvalue weighted by atomic mass is 9.91. The van der Waals surface area contributed by atoms with E-state index in [0.29, 0.717) is 17.1 Å². The van der Waals surface area contributed by atoms with Gasteiger partial charge < -0.3 is 10.0 Å². The van der Waals surface area contributed by atoms with Crippen LogP contribution in [0.2, 0.25) is 5.02 Å². The van der Waals surface area contributed by atoms with Crippen LogP contribution in [0.25, 0.3) is 0 Å². The summed E-state index contributed by atoms with van der Waals surface area (Å²) in [5, 5.41) is 9.63. The van der Waals surface area contributed by atoms with Crippen molar-refractivity contribution in [3.05, 3.63) is 33.3 Å². The van der Waals surface area contributed by atoms with Gasteiger partial charge in [0.1, 0.15) is 0 Å². The molecule has 0 atom stereocenters. The quantitative estimate of drug-likeness (QED) is 0.920. The van der Waals surface area contributed by atoms with Crippen molar-refractivity contribution in [1.29, 1.82) is 0 Å². The van der Waals surface area contributed by atoms with E-state index in [0.717, 1.165) is 23.7 Å². The summed E-state index contributed by atoms with van der Waals surface area (Å²) in [5.74, 6) is -0.0666. The number of halogens is 2. The van der Waals surface area contributed by atoms with Crippen LogP contribution in [0.5, 0.6) is 0 Å². The molecule has 1 N–H and O–H groups in total. The van der Waals surface area contributed by atoms with E-state index in [1.54, 1.807) is 23.1 Å². The smallest absolute Gasteiger partial charge is 0.255 e. The number of benzene rings is 1. The predicted molar refractivity (Wildman–Crippen MR) is 74.9 cm³/mol. The first kappa shape index (κ1) is 13.8. The lowest BCUT2D eigenvalue weighted by Crippen LogP contribution is -2.45. The van der Waals surface area contributed by atoms with E-state index in [1.165, 1.54) is 0 Å². The van der Waals surface area contributed by atoms with E-state index < -0.39 is 0 Å². The van der Waals surface area contributed by atoms with E-state index in [9.17, 15) is 4.79 Å². The van der Waals surface area contributed by atoms with Crippen LogP contribution in [-0.4, -0.2) is 35.1 Å². The lowest BCUT2D eigenvalue weighted by molar-refractivity contribution is 0.0525. The van der Waals surface area contributed by atoms with Gasteiger partial charge in [0.15, 0.2) is 0 Å². The van der Waals surface area contributed by atoms with Crippen molar-refractivity contribution >= 4 is 33.4 Å². The minimum atomic E-state index is -0.0666. The SMILES string of the molecule is O=C(c1cc(Cl)ccc1Br)N(CCO)C1CCC1. The van der Waals surface area contributed by atoms with Crippen LogP contribution in [0.15, 0.2) is 22.7 Å². The molecular formula is C13H15BrClNO2. The van der Waals surface area contributed by atoms with Crippen LogP contribution in [-0.2, 0) is 0 Å². The molecule has 1 saturated carbocycles. The number of hydrogen-bond acceptors (Lipinski definition) is 2. The van der Waals surface area contributed by atoms with Crippen LogP contribution < -0.4 is 0 Å². The zero-order valence-electron chi connectivity index (χ0n) is 9.90. The van der Waals surface area contributed by atoms with E-state index in [1.807, 2.05) is 0 Å². The Hall–Kier alpha value is -0.580. The molecule has 2 rings (SSSR count). The standard InChI is InChI=1S/C13H15BrClNO2/c14-12-5-4-9(15)8-11(12)13(18)16(6-7-17)10-2-1-3-10/h4-5,8,10,17H,1-3,6-7H2. The van der Waals surface area contributed by atoms with E-state index >= 15 is 0 Å². The van der Waals surface area contributed by atoms with Gasteiger partial charge in [-0.3, -0.25) is 4.79 Å². The Morgan fingerprint density at radius 3 is 2.78 bits per heavy atom. The van der Waals surface area contributed by atoms with Crippen LogP contribution in [0, 0.1) is 0 Å². The summed E-state index contributed by atoms with van der Waals surface area (Å²) in [6.07, 6.45) is 3.18. The van der Waals surface area contributed by atoms with Crippen LogP contribution in [0.4, 0.5) is 0 Å². The van der Waals surface area contributed by atoms with Gasteiger partial charge in [-0.2, -0.15) is 0 Å². The first-order chi connectivity index (χ1) is 8.63. The average Bonchev–Trinajstić information content (AvgIpc) is 2.28. The third-order valence-corrected chi connectivity index (χ3v) is 4.20. The number of aliphatic hydroxyl groups is 1. The maximum Gasteiger partial charge on any atom is 0.255 e. The van der Waals surface area contributed by atoms with E-state index in [2.05, 4.69) is 15.9 Å². The Morgan fingerprint density at radius 2 is 2.22 bits per heavy atom. The molecule has 1 aliphatic carbocycles. The van der Waals surface area contributed by atoms with Gasteiger partial charge in [0.05, 0.1) is 12.2 Å². The Bertz CT molecular complexity index is 449. The third-order valence-electron chi connectivity index (χ3n) is 3.28. The van der Waals surface area contributed by atoms with E-state index in [-0.39, 0.29) is 18.6 Å². The van der Waals surface area contributed by atoms with Crippen LogP contribution in [0.3, 0.4) is 0 Å². The van der Waals surface area contributed by atoms with Crippen molar-refractivity contribution in [2.75, 3.05) is 13.2 Å². The molecule has 0 spiro atoms. The summed E-state index contributed by atoms with van der Waals surface area (Å²) < 4.78 is 0.735. The second kappa shape index (κ2) is 6.04. The first-order valence-corrected chi connectivity index (χ1v) is 7.17. The fraction of sp³-hybridized carbons (Fsp3) is 0.462. The zero-order valence-corrected chi connectivity index (χ0v) is 12.2. The summed E-state index contributed by atoms with van der Waals surface area (Å²) in [6, 6.07) is 5.43. The summed E-state index contributed by atoms with van der Waals surface area (Å²) in [4.78, 5) is 14.2. The van der Waals surface area contributed by atoms with E-state index in [4.69, 9.17) is 16.7 Å². The molecule has 0 saturated heterocycles. The monoisotopic (exact) mass is 331 g/mol. The molecule has 0 heterocycles. The van der Waals surface area contributed by atoms with Crippen LogP contribution in [0.1, 0.15) is 29.6 Å².